The van der Waals surface area contributed by atoms with Crippen molar-refractivity contribution in [1.29, 1.82) is 0 Å². The van der Waals surface area contributed by atoms with E-state index in [-0.39, 0.29) is 29.0 Å². The first-order valence-corrected chi connectivity index (χ1v) is 5.64. The Balaban J connectivity index is 3.05. The van der Waals surface area contributed by atoms with Crippen LogP contribution in [-0.4, -0.2) is 34.1 Å². The summed E-state index contributed by atoms with van der Waals surface area (Å²) in [5.41, 5.74) is -0.0394. The molecule has 17 heavy (non-hydrogen) atoms. The van der Waals surface area contributed by atoms with Crippen LogP contribution in [0.2, 0.25) is 0 Å². The van der Waals surface area contributed by atoms with Crippen molar-refractivity contribution in [1.82, 2.24) is 4.90 Å². The van der Waals surface area contributed by atoms with Crippen LogP contribution >= 0.6 is 0 Å². The summed E-state index contributed by atoms with van der Waals surface area (Å²) in [6.07, 6.45) is 0. The molecule has 0 aliphatic carbocycles. The van der Waals surface area contributed by atoms with Crippen molar-refractivity contribution in [2.75, 3.05) is 7.05 Å². The van der Waals surface area contributed by atoms with E-state index >= 15 is 0 Å². The fourth-order valence-electron chi connectivity index (χ4n) is 1.56. The van der Waals surface area contributed by atoms with Crippen molar-refractivity contribution >= 4 is 5.91 Å². The highest BCUT2D eigenvalue weighted by molar-refractivity contribution is 5.99. The fourth-order valence-corrected chi connectivity index (χ4v) is 1.56. The maximum absolute atomic E-state index is 12.1. The minimum atomic E-state index is -0.373. The third-order valence-corrected chi connectivity index (χ3v) is 3.13. The number of hydrogen-bond donors (Lipinski definition) is 2. The van der Waals surface area contributed by atoms with Crippen molar-refractivity contribution in [3.05, 3.63) is 23.8 Å². The molecule has 0 aromatic heterocycles. The summed E-state index contributed by atoms with van der Waals surface area (Å²) in [5, 5.41) is 19.2. The van der Waals surface area contributed by atoms with E-state index in [1.807, 2.05) is 20.8 Å². The highest BCUT2D eigenvalue weighted by atomic mass is 16.3. The van der Waals surface area contributed by atoms with Gasteiger partial charge in [-0.05, 0) is 25.0 Å². The zero-order chi connectivity index (χ0) is 13.2. The van der Waals surface area contributed by atoms with Crippen LogP contribution in [0.15, 0.2) is 18.2 Å². The van der Waals surface area contributed by atoms with Crippen LogP contribution in [0.25, 0.3) is 0 Å². The van der Waals surface area contributed by atoms with E-state index < -0.39 is 0 Å². The number of amides is 1. The summed E-state index contributed by atoms with van der Waals surface area (Å²) in [6, 6.07) is 4.30. The number of carbonyl (C=O) groups excluding carboxylic acids is 1. The van der Waals surface area contributed by atoms with Gasteiger partial charge in [0.1, 0.15) is 17.1 Å². The lowest BCUT2D eigenvalue weighted by Crippen LogP contribution is -2.38. The van der Waals surface area contributed by atoms with Gasteiger partial charge >= 0.3 is 0 Å². The summed E-state index contributed by atoms with van der Waals surface area (Å²) in [6.45, 7) is 5.96. The molecule has 94 valence electrons. The summed E-state index contributed by atoms with van der Waals surface area (Å²) >= 11 is 0. The molecule has 1 amide bonds. The number of aromatic hydroxyl groups is 2. The number of nitrogens with zero attached hydrogens (tertiary/aromatic N) is 1. The third-order valence-electron chi connectivity index (χ3n) is 3.13. The molecule has 0 fully saturated rings. The standard InChI is InChI=1S/C13H19NO3/c1-8(2)9(3)14(4)13(17)12-10(15)6-5-7-11(12)16/h5-9,15-16H,1-4H3. The van der Waals surface area contributed by atoms with Crippen LogP contribution in [0.3, 0.4) is 0 Å². The molecule has 0 aliphatic rings. The van der Waals surface area contributed by atoms with Gasteiger partial charge in [0, 0.05) is 13.1 Å². The number of phenols is 2. The van der Waals surface area contributed by atoms with Crippen LogP contribution in [-0.2, 0) is 0 Å². The molecule has 2 N–H and O–H groups in total. The molecule has 0 saturated heterocycles. The molecule has 0 radical (unpaired) electrons. The van der Waals surface area contributed by atoms with Gasteiger partial charge in [-0.1, -0.05) is 19.9 Å². The molecule has 1 unspecified atom stereocenters. The second kappa shape index (κ2) is 5.08. The molecule has 0 saturated carbocycles. The van der Waals surface area contributed by atoms with Gasteiger partial charge in [-0.25, -0.2) is 0 Å². The first-order chi connectivity index (χ1) is 7.86. The van der Waals surface area contributed by atoms with E-state index in [0.717, 1.165) is 0 Å². The predicted molar refractivity (Wildman–Crippen MR) is 66.2 cm³/mol. The summed E-state index contributed by atoms with van der Waals surface area (Å²) in [5.74, 6) is -0.464. The number of hydrogen-bond acceptors (Lipinski definition) is 3. The maximum atomic E-state index is 12.1. The molecule has 1 aromatic carbocycles. The summed E-state index contributed by atoms with van der Waals surface area (Å²) in [7, 11) is 1.67. The maximum Gasteiger partial charge on any atom is 0.261 e. The first-order valence-electron chi connectivity index (χ1n) is 5.64. The lowest BCUT2D eigenvalue weighted by Gasteiger charge is -2.28. The Morgan fingerprint density at radius 1 is 1.18 bits per heavy atom. The zero-order valence-electron chi connectivity index (χ0n) is 10.6. The van der Waals surface area contributed by atoms with Crippen LogP contribution in [0, 0.1) is 5.92 Å². The van der Waals surface area contributed by atoms with Crippen molar-refractivity contribution in [3.63, 3.8) is 0 Å². The summed E-state index contributed by atoms with van der Waals surface area (Å²) in [4.78, 5) is 13.7. The number of rotatable bonds is 3. The van der Waals surface area contributed by atoms with E-state index in [1.165, 1.54) is 23.1 Å². The number of benzene rings is 1. The molecular weight excluding hydrogens is 218 g/mol. The fraction of sp³-hybridized carbons (Fsp3) is 0.462. The number of carbonyl (C=O) groups is 1. The minimum absolute atomic E-state index is 0.0292. The Bertz CT molecular complexity index is 395. The van der Waals surface area contributed by atoms with Gasteiger partial charge in [0.15, 0.2) is 0 Å². The van der Waals surface area contributed by atoms with E-state index in [1.54, 1.807) is 7.05 Å². The summed E-state index contributed by atoms with van der Waals surface area (Å²) < 4.78 is 0. The van der Waals surface area contributed by atoms with Crippen LogP contribution in [0.5, 0.6) is 11.5 Å². The van der Waals surface area contributed by atoms with Gasteiger partial charge in [0.2, 0.25) is 0 Å². The smallest absolute Gasteiger partial charge is 0.261 e. The highest BCUT2D eigenvalue weighted by Crippen LogP contribution is 2.28. The van der Waals surface area contributed by atoms with Gasteiger partial charge in [0.25, 0.3) is 5.91 Å². The van der Waals surface area contributed by atoms with Gasteiger partial charge in [-0.15, -0.1) is 0 Å². The second-order valence-electron chi connectivity index (χ2n) is 4.57. The molecule has 1 rings (SSSR count). The largest absolute Gasteiger partial charge is 0.507 e. The Morgan fingerprint density at radius 3 is 2.06 bits per heavy atom. The Morgan fingerprint density at radius 2 is 1.65 bits per heavy atom. The normalized spacial score (nSPS) is 12.5. The lowest BCUT2D eigenvalue weighted by molar-refractivity contribution is 0.0701. The van der Waals surface area contributed by atoms with Crippen molar-refractivity contribution in [2.24, 2.45) is 5.92 Å². The molecule has 0 heterocycles. The number of phenolic OH excluding ortho intramolecular Hbond substituents is 2. The first kappa shape index (κ1) is 13.4. The lowest BCUT2D eigenvalue weighted by atomic mass is 10.0. The van der Waals surface area contributed by atoms with E-state index in [9.17, 15) is 15.0 Å². The predicted octanol–water partition coefficient (Wildman–Crippen LogP) is 2.21. The van der Waals surface area contributed by atoms with E-state index in [2.05, 4.69) is 0 Å². The minimum Gasteiger partial charge on any atom is -0.507 e. The monoisotopic (exact) mass is 237 g/mol. The van der Waals surface area contributed by atoms with Crippen LogP contribution < -0.4 is 0 Å². The van der Waals surface area contributed by atoms with E-state index in [4.69, 9.17) is 0 Å². The molecule has 0 spiro atoms. The van der Waals surface area contributed by atoms with Crippen LogP contribution in [0.4, 0.5) is 0 Å². The molecule has 4 heteroatoms. The quantitative estimate of drug-likeness (QED) is 0.847. The average molecular weight is 237 g/mol. The third kappa shape index (κ3) is 2.70. The van der Waals surface area contributed by atoms with Gasteiger partial charge in [-0.3, -0.25) is 4.79 Å². The Hall–Kier alpha value is -1.71. The van der Waals surface area contributed by atoms with Crippen molar-refractivity contribution < 1.29 is 15.0 Å². The molecular formula is C13H19NO3. The average Bonchev–Trinajstić information content (AvgIpc) is 2.26. The van der Waals surface area contributed by atoms with Crippen LogP contribution in [0.1, 0.15) is 31.1 Å². The van der Waals surface area contributed by atoms with Gasteiger partial charge < -0.3 is 15.1 Å². The SMILES string of the molecule is CC(C)C(C)N(C)C(=O)c1c(O)cccc1O. The Labute approximate surface area is 101 Å². The van der Waals surface area contributed by atoms with Crippen molar-refractivity contribution in [3.8, 4) is 11.5 Å². The van der Waals surface area contributed by atoms with Crippen molar-refractivity contribution in [2.45, 2.75) is 26.8 Å². The topological polar surface area (TPSA) is 60.8 Å². The zero-order valence-corrected chi connectivity index (χ0v) is 10.6. The molecule has 1 aromatic rings. The second-order valence-corrected chi connectivity index (χ2v) is 4.57. The molecule has 0 bridgehead atoms. The van der Waals surface area contributed by atoms with Gasteiger partial charge in [0.05, 0.1) is 0 Å². The van der Waals surface area contributed by atoms with E-state index in [0.29, 0.717) is 5.92 Å². The molecule has 4 nitrogen and oxygen atoms in total. The molecule has 1 atom stereocenters. The Kier molecular flexibility index (Phi) is 3.99. The highest BCUT2D eigenvalue weighted by Gasteiger charge is 2.24. The molecule has 0 aliphatic heterocycles. The van der Waals surface area contributed by atoms with Gasteiger partial charge in [-0.2, -0.15) is 0 Å².